The van der Waals surface area contributed by atoms with Crippen LogP contribution in [0.2, 0.25) is 5.02 Å². The molecule has 3 nitrogen and oxygen atoms in total. The Balaban J connectivity index is 1.82. The molecule has 0 aliphatic carbocycles. The molecule has 2 aromatic rings. The van der Waals surface area contributed by atoms with E-state index < -0.39 is 6.23 Å². The van der Waals surface area contributed by atoms with E-state index in [-0.39, 0.29) is 5.97 Å². The minimum Gasteiger partial charge on any atom is -0.433 e. The number of esters is 1. The van der Waals surface area contributed by atoms with Crippen molar-refractivity contribution < 1.29 is 9.53 Å². The number of rotatable bonds is 2. The Labute approximate surface area is 121 Å². The van der Waals surface area contributed by atoms with E-state index in [4.69, 9.17) is 16.3 Å². The molecule has 0 spiro atoms. The molecule has 1 unspecified atom stereocenters. The van der Waals surface area contributed by atoms with Gasteiger partial charge in [0.25, 0.3) is 0 Å². The SMILES string of the molecule is O=C1OC(c2ccccc2)N/C1=C/c1ccc(Cl)cc1. The van der Waals surface area contributed by atoms with E-state index in [0.717, 1.165) is 11.1 Å². The first kappa shape index (κ1) is 12.8. The molecule has 1 fully saturated rings. The van der Waals surface area contributed by atoms with Crippen LogP contribution in [-0.2, 0) is 9.53 Å². The minimum atomic E-state index is -0.428. The maximum Gasteiger partial charge on any atom is 0.356 e. The largest absolute Gasteiger partial charge is 0.433 e. The number of ether oxygens (including phenoxy) is 1. The summed E-state index contributed by atoms with van der Waals surface area (Å²) in [6, 6.07) is 16.8. The zero-order valence-corrected chi connectivity index (χ0v) is 11.3. The molecule has 20 heavy (non-hydrogen) atoms. The monoisotopic (exact) mass is 285 g/mol. The van der Waals surface area contributed by atoms with E-state index in [1.807, 2.05) is 42.5 Å². The van der Waals surface area contributed by atoms with Crippen LogP contribution in [0.25, 0.3) is 6.08 Å². The van der Waals surface area contributed by atoms with Gasteiger partial charge in [0.05, 0.1) is 0 Å². The van der Waals surface area contributed by atoms with Gasteiger partial charge in [0.2, 0.25) is 0 Å². The third-order valence-corrected chi connectivity index (χ3v) is 3.27. The quantitative estimate of drug-likeness (QED) is 0.678. The van der Waals surface area contributed by atoms with E-state index in [0.29, 0.717) is 10.7 Å². The van der Waals surface area contributed by atoms with Gasteiger partial charge in [-0.15, -0.1) is 0 Å². The lowest BCUT2D eigenvalue weighted by Gasteiger charge is -2.08. The van der Waals surface area contributed by atoms with Gasteiger partial charge in [0, 0.05) is 10.6 Å². The molecule has 1 N–H and O–H groups in total. The summed E-state index contributed by atoms with van der Waals surface area (Å²) >= 11 is 5.83. The van der Waals surface area contributed by atoms with Gasteiger partial charge in [-0.05, 0) is 23.8 Å². The van der Waals surface area contributed by atoms with Gasteiger partial charge >= 0.3 is 5.97 Å². The Hall–Kier alpha value is -2.26. The molecule has 100 valence electrons. The topological polar surface area (TPSA) is 38.3 Å². The highest BCUT2D eigenvalue weighted by Crippen LogP contribution is 2.24. The van der Waals surface area contributed by atoms with Crippen molar-refractivity contribution in [1.29, 1.82) is 0 Å². The van der Waals surface area contributed by atoms with Crippen molar-refractivity contribution in [2.24, 2.45) is 0 Å². The molecule has 1 atom stereocenters. The fourth-order valence-corrected chi connectivity index (χ4v) is 2.13. The number of carbonyl (C=O) groups is 1. The first-order chi connectivity index (χ1) is 9.72. The lowest BCUT2D eigenvalue weighted by atomic mass is 10.2. The highest BCUT2D eigenvalue weighted by molar-refractivity contribution is 6.30. The molecular formula is C16H12ClNO2. The van der Waals surface area contributed by atoms with E-state index in [9.17, 15) is 4.79 Å². The average molecular weight is 286 g/mol. The number of hydrogen-bond donors (Lipinski definition) is 1. The standard InChI is InChI=1S/C16H12ClNO2/c17-13-8-6-11(7-9-13)10-14-16(19)20-15(18-14)12-4-2-1-3-5-12/h1-10,15,18H/b14-10+. The summed E-state index contributed by atoms with van der Waals surface area (Å²) in [4.78, 5) is 11.9. The van der Waals surface area contributed by atoms with Gasteiger partial charge in [-0.3, -0.25) is 0 Å². The number of hydrogen-bond acceptors (Lipinski definition) is 3. The van der Waals surface area contributed by atoms with Gasteiger partial charge < -0.3 is 10.1 Å². The fraction of sp³-hybridized carbons (Fsp3) is 0.0625. The number of nitrogens with one attached hydrogen (secondary N) is 1. The molecule has 1 heterocycles. The van der Waals surface area contributed by atoms with E-state index in [1.165, 1.54) is 0 Å². The van der Waals surface area contributed by atoms with Gasteiger partial charge in [-0.25, -0.2) is 4.79 Å². The van der Waals surface area contributed by atoms with Crippen molar-refractivity contribution >= 4 is 23.6 Å². The third-order valence-electron chi connectivity index (χ3n) is 3.01. The fourth-order valence-electron chi connectivity index (χ4n) is 2.01. The second-order valence-electron chi connectivity index (χ2n) is 4.45. The molecule has 0 aromatic heterocycles. The first-order valence-corrected chi connectivity index (χ1v) is 6.60. The maximum atomic E-state index is 11.9. The van der Waals surface area contributed by atoms with Crippen molar-refractivity contribution in [2.45, 2.75) is 6.23 Å². The minimum absolute atomic E-state index is 0.353. The molecule has 1 aliphatic rings. The summed E-state index contributed by atoms with van der Waals surface area (Å²) in [7, 11) is 0. The first-order valence-electron chi connectivity index (χ1n) is 6.22. The van der Waals surface area contributed by atoms with Crippen LogP contribution in [0.1, 0.15) is 17.4 Å². The molecule has 0 amide bonds. The Morgan fingerprint density at radius 3 is 2.45 bits per heavy atom. The highest BCUT2D eigenvalue weighted by Gasteiger charge is 2.28. The van der Waals surface area contributed by atoms with Crippen LogP contribution in [0.4, 0.5) is 0 Å². The Morgan fingerprint density at radius 1 is 1.05 bits per heavy atom. The van der Waals surface area contributed by atoms with Crippen LogP contribution >= 0.6 is 11.6 Å². The van der Waals surface area contributed by atoms with Gasteiger partial charge in [-0.2, -0.15) is 0 Å². The van der Waals surface area contributed by atoms with Gasteiger partial charge in [0.15, 0.2) is 6.23 Å². The number of halogens is 1. The number of benzene rings is 2. The molecule has 2 aromatic carbocycles. The van der Waals surface area contributed by atoms with E-state index in [1.54, 1.807) is 18.2 Å². The van der Waals surface area contributed by atoms with Crippen molar-refractivity contribution in [2.75, 3.05) is 0 Å². The summed E-state index contributed by atoms with van der Waals surface area (Å²) in [6.45, 7) is 0. The smallest absolute Gasteiger partial charge is 0.356 e. The maximum absolute atomic E-state index is 11.9. The predicted octanol–water partition coefficient (Wildman–Crippen LogP) is 3.53. The highest BCUT2D eigenvalue weighted by atomic mass is 35.5. The van der Waals surface area contributed by atoms with Crippen molar-refractivity contribution in [1.82, 2.24) is 5.32 Å². The molecule has 3 rings (SSSR count). The molecule has 0 saturated carbocycles. The second-order valence-corrected chi connectivity index (χ2v) is 4.89. The van der Waals surface area contributed by atoms with Gasteiger partial charge in [-0.1, -0.05) is 54.1 Å². The zero-order valence-electron chi connectivity index (χ0n) is 10.5. The van der Waals surface area contributed by atoms with Crippen LogP contribution in [0.15, 0.2) is 60.3 Å². The Kier molecular flexibility index (Phi) is 3.44. The van der Waals surface area contributed by atoms with Crippen molar-refractivity contribution in [3.63, 3.8) is 0 Å². The number of cyclic esters (lactones) is 1. The average Bonchev–Trinajstić information content (AvgIpc) is 2.84. The molecular weight excluding hydrogens is 274 g/mol. The Bertz CT molecular complexity index is 650. The predicted molar refractivity (Wildman–Crippen MR) is 77.8 cm³/mol. The summed E-state index contributed by atoms with van der Waals surface area (Å²) in [5, 5.41) is 3.74. The van der Waals surface area contributed by atoms with Crippen LogP contribution in [-0.4, -0.2) is 5.97 Å². The van der Waals surface area contributed by atoms with Crippen LogP contribution in [0.5, 0.6) is 0 Å². The summed E-state index contributed by atoms with van der Waals surface area (Å²) in [5.74, 6) is -0.353. The summed E-state index contributed by atoms with van der Waals surface area (Å²) < 4.78 is 5.31. The van der Waals surface area contributed by atoms with Crippen LogP contribution < -0.4 is 5.32 Å². The summed E-state index contributed by atoms with van der Waals surface area (Å²) in [6.07, 6.45) is 1.32. The lowest BCUT2D eigenvalue weighted by Crippen LogP contribution is -2.12. The molecule has 0 bridgehead atoms. The molecule has 1 saturated heterocycles. The Morgan fingerprint density at radius 2 is 1.75 bits per heavy atom. The van der Waals surface area contributed by atoms with E-state index >= 15 is 0 Å². The molecule has 1 aliphatic heterocycles. The van der Waals surface area contributed by atoms with E-state index in [2.05, 4.69) is 5.32 Å². The normalized spacial score (nSPS) is 19.8. The lowest BCUT2D eigenvalue weighted by molar-refractivity contribution is -0.139. The van der Waals surface area contributed by atoms with Crippen LogP contribution in [0, 0.1) is 0 Å². The number of carbonyl (C=O) groups excluding carboxylic acids is 1. The second kappa shape index (κ2) is 5.39. The van der Waals surface area contributed by atoms with Gasteiger partial charge in [0.1, 0.15) is 5.70 Å². The van der Waals surface area contributed by atoms with Crippen molar-refractivity contribution in [3.8, 4) is 0 Å². The zero-order chi connectivity index (χ0) is 13.9. The summed E-state index contributed by atoms with van der Waals surface area (Å²) in [5.41, 5.74) is 2.25. The van der Waals surface area contributed by atoms with Crippen molar-refractivity contribution in [3.05, 3.63) is 76.4 Å². The third kappa shape index (κ3) is 2.68. The van der Waals surface area contributed by atoms with Crippen LogP contribution in [0.3, 0.4) is 0 Å². The molecule has 0 radical (unpaired) electrons. The molecule has 4 heteroatoms.